The van der Waals surface area contributed by atoms with Crippen molar-refractivity contribution in [2.75, 3.05) is 11.6 Å². The Kier molecular flexibility index (Phi) is 2.19. The smallest absolute Gasteiger partial charge is 0.395 e. The summed E-state index contributed by atoms with van der Waals surface area (Å²) in [6.07, 6.45) is -5.13. The molecular formula is C4H4F3N5O2. The summed E-state index contributed by atoms with van der Waals surface area (Å²) in [7, 11) is 0. The van der Waals surface area contributed by atoms with Gasteiger partial charge in [-0.2, -0.15) is 13.2 Å². The van der Waals surface area contributed by atoms with Crippen molar-refractivity contribution in [3.63, 3.8) is 0 Å². The van der Waals surface area contributed by atoms with Crippen LogP contribution in [0.2, 0.25) is 0 Å². The number of carbonyl (C=O) groups is 1. The van der Waals surface area contributed by atoms with Gasteiger partial charge in [-0.25, -0.2) is 4.79 Å². The molecule has 0 bridgehead atoms. The second kappa shape index (κ2) is 3.05. The average molecular weight is 211 g/mol. The summed E-state index contributed by atoms with van der Waals surface area (Å²) in [6, 6.07) is 0. The average Bonchev–Trinajstić information content (AvgIpc) is 2.34. The van der Waals surface area contributed by atoms with Crippen LogP contribution in [0.25, 0.3) is 0 Å². The minimum atomic E-state index is -5.13. The van der Waals surface area contributed by atoms with E-state index in [0.717, 1.165) is 0 Å². The molecule has 10 heteroatoms. The number of nitrogens with two attached hydrogens (primary N) is 2. The van der Waals surface area contributed by atoms with Crippen LogP contribution in [0, 0.1) is 0 Å². The lowest BCUT2D eigenvalue weighted by molar-refractivity contribution is -0.190. The first kappa shape index (κ1) is 10.1. The number of nitrogen functional groups attached to an aromatic ring is 2. The maximum atomic E-state index is 11.7. The largest absolute Gasteiger partial charge is 0.491 e. The quantitative estimate of drug-likeness (QED) is 0.457. The van der Waals surface area contributed by atoms with E-state index in [4.69, 9.17) is 11.6 Å². The Morgan fingerprint density at radius 3 is 2.43 bits per heavy atom. The first-order valence-corrected chi connectivity index (χ1v) is 3.07. The molecule has 14 heavy (non-hydrogen) atoms. The Balaban J connectivity index is 2.85. The third-order valence-electron chi connectivity index (χ3n) is 1.10. The van der Waals surface area contributed by atoms with Crippen LogP contribution < -0.4 is 16.3 Å². The molecule has 1 rings (SSSR count). The van der Waals surface area contributed by atoms with E-state index in [0.29, 0.717) is 4.79 Å². The topological polar surface area (TPSA) is 109 Å². The van der Waals surface area contributed by atoms with Gasteiger partial charge in [0.25, 0.3) is 5.88 Å². The van der Waals surface area contributed by atoms with E-state index in [9.17, 15) is 18.0 Å². The normalized spacial score (nSPS) is 11.4. The highest BCUT2D eigenvalue weighted by atomic mass is 19.4. The fraction of sp³-hybridized carbons (Fsp3) is 0.250. The molecule has 0 aliphatic carbocycles. The highest BCUT2D eigenvalue weighted by Gasteiger charge is 2.42. The zero-order chi connectivity index (χ0) is 10.9. The number of alkyl halides is 3. The van der Waals surface area contributed by atoms with Gasteiger partial charge in [-0.05, 0) is 5.21 Å². The zero-order valence-electron chi connectivity index (χ0n) is 6.45. The second-order valence-corrected chi connectivity index (χ2v) is 2.11. The number of hydrogen-bond donors (Lipinski definition) is 2. The van der Waals surface area contributed by atoms with E-state index in [2.05, 4.69) is 15.0 Å². The van der Waals surface area contributed by atoms with Crippen molar-refractivity contribution in [2.24, 2.45) is 0 Å². The van der Waals surface area contributed by atoms with Crippen molar-refractivity contribution in [1.29, 1.82) is 0 Å². The van der Waals surface area contributed by atoms with Crippen LogP contribution in [0.1, 0.15) is 0 Å². The minimum Gasteiger partial charge on any atom is -0.395 e. The molecule has 0 aliphatic rings. The second-order valence-electron chi connectivity index (χ2n) is 2.11. The van der Waals surface area contributed by atoms with Crippen LogP contribution in [0.15, 0.2) is 0 Å². The highest BCUT2D eigenvalue weighted by molar-refractivity contribution is 5.78. The third kappa shape index (κ3) is 1.84. The van der Waals surface area contributed by atoms with E-state index in [1.54, 1.807) is 0 Å². The molecule has 0 spiro atoms. The van der Waals surface area contributed by atoms with E-state index >= 15 is 0 Å². The van der Waals surface area contributed by atoms with Crippen molar-refractivity contribution in [1.82, 2.24) is 15.1 Å². The van der Waals surface area contributed by atoms with E-state index < -0.39 is 23.8 Å². The van der Waals surface area contributed by atoms with Gasteiger partial charge in [0.1, 0.15) is 0 Å². The number of nitrogens with zero attached hydrogens (tertiary/aromatic N) is 3. The highest BCUT2D eigenvalue weighted by Crippen LogP contribution is 2.21. The van der Waals surface area contributed by atoms with Gasteiger partial charge >= 0.3 is 12.1 Å². The van der Waals surface area contributed by atoms with Gasteiger partial charge in [0.2, 0.25) is 5.82 Å². The van der Waals surface area contributed by atoms with Gasteiger partial charge in [0, 0.05) is 0 Å². The van der Waals surface area contributed by atoms with Gasteiger partial charge in [0.05, 0.1) is 0 Å². The van der Waals surface area contributed by atoms with Crippen molar-refractivity contribution in [3.8, 4) is 5.88 Å². The summed E-state index contributed by atoms with van der Waals surface area (Å²) in [5.74, 6) is 1.24. The van der Waals surface area contributed by atoms with Crippen LogP contribution in [-0.2, 0) is 4.79 Å². The molecule has 4 N–H and O–H groups in total. The zero-order valence-corrected chi connectivity index (χ0v) is 6.45. The molecule has 7 nitrogen and oxygen atoms in total. The molecule has 0 amide bonds. The first-order valence-electron chi connectivity index (χ1n) is 3.07. The fourth-order valence-electron chi connectivity index (χ4n) is 0.542. The monoisotopic (exact) mass is 211 g/mol. The fourth-order valence-corrected chi connectivity index (χ4v) is 0.542. The molecule has 1 heterocycles. The van der Waals surface area contributed by atoms with E-state index in [1.165, 1.54) is 0 Å². The number of ether oxygens (including phenoxy) is 1. The Morgan fingerprint density at radius 1 is 1.50 bits per heavy atom. The lowest BCUT2D eigenvalue weighted by atomic mass is 10.6. The van der Waals surface area contributed by atoms with Crippen LogP contribution in [0.5, 0.6) is 5.88 Å². The molecule has 0 radical (unpaired) electrons. The number of carbonyl (C=O) groups excluding carboxylic acids is 1. The molecule has 0 atom stereocenters. The van der Waals surface area contributed by atoms with E-state index in [1.807, 2.05) is 0 Å². The number of aromatic nitrogens is 3. The molecule has 0 fully saturated rings. The van der Waals surface area contributed by atoms with Gasteiger partial charge in [-0.3, -0.25) is 0 Å². The standard InChI is InChI=1S/C4H4F3N5O2/c5-4(6,7)3(13)14-2-1(8)10-11-12(2)9/h8-9H2. The maximum Gasteiger partial charge on any atom is 0.491 e. The van der Waals surface area contributed by atoms with Crippen LogP contribution in [-0.4, -0.2) is 27.2 Å². The summed E-state index contributed by atoms with van der Waals surface area (Å²) < 4.78 is 38.9. The van der Waals surface area contributed by atoms with Gasteiger partial charge < -0.3 is 16.3 Å². The van der Waals surface area contributed by atoms with Gasteiger partial charge in [-0.1, -0.05) is 0 Å². The summed E-state index contributed by atoms with van der Waals surface area (Å²) in [5, 5.41) is 6.10. The molecule has 0 saturated carbocycles. The lowest BCUT2D eigenvalue weighted by Crippen LogP contribution is -2.30. The predicted octanol–water partition coefficient (Wildman–Crippen LogP) is -0.958. The van der Waals surface area contributed by atoms with Crippen LogP contribution >= 0.6 is 0 Å². The molecule has 1 aromatic rings. The predicted molar refractivity (Wildman–Crippen MR) is 36.3 cm³/mol. The van der Waals surface area contributed by atoms with Crippen molar-refractivity contribution < 1.29 is 22.7 Å². The molecule has 78 valence electrons. The molecule has 0 aliphatic heterocycles. The summed E-state index contributed by atoms with van der Waals surface area (Å²) in [4.78, 5) is 10.6. The maximum absolute atomic E-state index is 11.7. The molecular weight excluding hydrogens is 207 g/mol. The number of halogens is 3. The third-order valence-corrected chi connectivity index (χ3v) is 1.10. The molecule has 1 aromatic heterocycles. The Hall–Kier alpha value is -2.00. The molecule has 0 unspecified atom stereocenters. The SMILES string of the molecule is Nc1nnn(N)c1OC(=O)C(F)(F)F. The van der Waals surface area contributed by atoms with Crippen LogP contribution in [0.4, 0.5) is 19.0 Å². The Bertz CT molecular complexity index is 339. The van der Waals surface area contributed by atoms with E-state index in [-0.39, 0.29) is 0 Å². The Morgan fingerprint density at radius 2 is 2.07 bits per heavy atom. The Labute approximate surface area is 74.4 Å². The summed E-state index contributed by atoms with van der Waals surface area (Å²) in [5.41, 5.74) is 5.01. The number of esters is 1. The van der Waals surface area contributed by atoms with Crippen LogP contribution in [0.3, 0.4) is 0 Å². The summed E-state index contributed by atoms with van der Waals surface area (Å²) >= 11 is 0. The van der Waals surface area contributed by atoms with Crippen molar-refractivity contribution in [2.45, 2.75) is 6.18 Å². The number of anilines is 1. The first-order chi connectivity index (χ1) is 6.32. The molecule has 0 saturated heterocycles. The minimum absolute atomic E-state index is 0.318. The molecule has 0 aromatic carbocycles. The van der Waals surface area contributed by atoms with Gasteiger partial charge in [0.15, 0.2) is 0 Å². The number of hydrogen-bond acceptors (Lipinski definition) is 6. The summed E-state index contributed by atoms with van der Waals surface area (Å²) in [6.45, 7) is 0. The number of rotatable bonds is 1. The lowest BCUT2D eigenvalue weighted by Gasteiger charge is -2.05. The van der Waals surface area contributed by atoms with Crippen molar-refractivity contribution >= 4 is 11.8 Å². The van der Waals surface area contributed by atoms with Crippen molar-refractivity contribution in [3.05, 3.63) is 0 Å². The van der Waals surface area contributed by atoms with Gasteiger partial charge in [-0.15, -0.1) is 9.89 Å².